The summed E-state index contributed by atoms with van der Waals surface area (Å²) < 4.78 is 36.9. The number of hydrogen-bond donors (Lipinski definition) is 2. The van der Waals surface area contributed by atoms with Crippen LogP contribution >= 0.6 is 0 Å². The lowest BCUT2D eigenvalue weighted by molar-refractivity contribution is -0.126. The van der Waals surface area contributed by atoms with Crippen LogP contribution in [-0.4, -0.2) is 47.9 Å². The Hall–Kier alpha value is -1.57. The quantitative estimate of drug-likeness (QED) is 0.750. The Balaban J connectivity index is 1.42. The van der Waals surface area contributed by atoms with E-state index in [0.717, 1.165) is 62.2 Å². The van der Waals surface area contributed by atoms with Gasteiger partial charge in [0, 0.05) is 25.2 Å². The Morgan fingerprint density at radius 1 is 1.00 bits per heavy atom. The molecule has 1 saturated heterocycles. The fourth-order valence-corrected chi connectivity index (χ4v) is 4.26. The first-order valence-electron chi connectivity index (χ1n) is 10.4. The van der Waals surface area contributed by atoms with E-state index in [1.165, 1.54) is 12.8 Å². The Bertz CT molecular complexity index is 589. The SMILES string of the molecule is CC(C)C1CCN(c2ncc(NC3CCC(NCC(F)(F)F)CC3)cn2)CC1. The summed E-state index contributed by atoms with van der Waals surface area (Å²) in [4.78, 5) is 11.3. The van der Waals surface area contributed by atoms with Crippen molar-refractivity contribution in [2.45, 2.75) is 70.6 Å². The molecule has 3 rings (SSSR count). The molecule has 0 aromatic carbocycles. The molecule has 158 valence electrons. The van der Waals surface area contributed by atoms with Gasteiger partial charge in [-0.15, -0.1) is 0 Å². The topological polar surface area (TPSA) is 53.1 Å². The van der Waals surface area contributed by atoms with Gasteiger partial charge < -0.3 is 15.5 Å². The van der Waals surface area contributed by atoms with Gasteiger partial charge in [-0.25, -0.2) is 9.97 Å². The molecular weight excluding hydrogens is 367 g/mol. The highest BCUT2D eigenvalue weighted by Crippen LogP contribution is 2.27. The van der Waals surface area contributed by atoms with E-state index in [4.69, 9.17) is 0 Å². The molecule has 2 N–H and O–H groups in total. The molecule has 0 atom stereocenters. The van der Waals surface area contributed by atoms with Crippen LogP contribution in [0.15, 0.2) is 12.4 Å². The van der Waals surface area contributed by atoms with Crippen molar-refractivity contribution >= 4 is 11.6 Å². The van der Waals surface area contributed by atoms with Gasteiger partial charge in [0.25, 0.3) is 0 Å². The number of nitrogens with zero attached hydrogens (tertiary/aromatic N) is 3. The van der Waals surface area contributed by atoms with Gasteiger partial charge in [-0.1, -0.05) is 13.8 Å². The lowest BCUT2D eigenvalue weighted by atomic mass is 9.87. The van der Waals surface area contributed by atoms with Crippen LogP contribution in [0.5, 0.6) is 0 Å². The minimum atomic E-state index is -4.14. The van der Waals surface area contributed by atoms with Crippen molar-refractivity contribution in [1.29, 1.82) is 0 Å². The maximum Gasteiger partial charge on any atom is 0.401 e. The monoisotopic (exact) mass is 399 g/mol. The van der Waals surface area contributed by atoms with Gasteiger partial charge in [0.1, 0.15) is 0 Å². The van der Waals surface area contributed by atoms with Gasteiger partial charge in [-0.05, 0) is 50.4 Å². The molecule has 1 aliphatic carbocycles. The number of hydrogen-bond acceptors (Lipinski definition) is 5. The molecule has 0 radical (unpaired) electrons. The van der Waals surface area contributed by atoms with E-state index >= 15 is 0 Å². The molecule has 0 unspecified atom stereocenters. The van der Waals surface area contributed by atoms with E-state index in [1.807, 2.05) is 12.4 Å². The summed E-state index contributed by atoms with van der Waals surface area (Å²) in [5.74, 6) is 2.30. The van der Waals surface area contributed by atoms with Crippen molar-refractivity contribution in [3.8, 4) is 0 Å². The number of alkyl halides is 3. The summed E-state index contributed by atoms with van der Waals surface area (Å²) >= 11 is 0. The predicted octanol–water partition coefficient (Wildman–Crippen LogP) is 4.22. The van der Waals surface area contributed by atoms with Gasteiger partial charge in [-0.3, -0.25) is 0 Å². The smallest absolute Gasteiger partial charge is 0.380 e. The van der Waals surface area contributed by atoms with Crippen LogP contribution in [0.3, 0.4) is 0 Å². The second kappa shape index (κ2) is 9.29. The average Bonchev–Trinajstić information content (AvgIpc) is 2.67. The fraction of sp³-hybridized carbons (Fsp3) is 0.800. The zero-order valence-corrected chi connectivity index (χ0v) is 16.8. The zero-order chi connectivity index (χ0) is 20.1. The van der Waals surface area contributed by atoms with E-state index in [0.29, 0.717) is 0 Å². The highest BCUT2D eigenvalue weighted by Gasteiger charge is 2.29. The summed E-state index contributed by atoms with van der Waals surface area (Å²) in [5, 5.41) is 6.05. The van der Waals surface area contributed by atoms with Crippen LogP contribution in [0.2, 0.25) is 0 Å². The van der Waals surface area contributed by atoms with Crippen LogP contribution in [0.4, 0.5) is 24.8 Å². The van der Waals surface area contributed by atoms with Gasteiger partial charge in [0.15, 0.2) is 0 Å². The molecule has 2 aliphatic rings. The van der Waals surface area contributed by atoms with E-state index in [2.05, 4.69) is 39.3 Å². The maximum atomic E-state index is 12.3. The van der Waals surface area contributed by atoms with Gasteiger partial charge >= 0.3 is 6.18 Å². The lowest BCUT2D eigenvalue weighted by Crippen LogP contribution is -2.41. The average molecular weight is 400 g/mol. The number of nitrogens with one attached hydrogen (secondary N) is 2. The molecule has 2 heterocycles. The third-order valence-electron chi connectivity index (χ3n) is 6.09. The summed E-state index contributed by atoms with van der Waals surface area (Å²) in [5.41, 5.74) is 0.882. The molecule has 1 aromatic rings. The second-order valence-electron chi connectivity index (χ2n) is 8.53. The maximum absolute atomic E-state index is 12.3. The van der Waals surface area contributed by atoms with Gasteiger partial charge in [0.05, 0.1) is 24.6 Å². The van der Waals surface area contributed by atoms with Crippen LogP contribution in [0.25, 0.3) is 0 Å². The Morgan fingerprint density at radius 2 is 1.57 bits per heavy atom. The molecule has 0 amide bonds. The first kappa shape index (κ1) is 21.1. The summed E-state index contributed by atoms with van der Waals surface area (Å²) in [6.45, 7) is 5.68. The molecule has 1 aromatic heterocycles. The molecule has 5 nitrogen and oxygen atoms in total. The third-order valence-corrected chi connectivity index (χ3v) is 6.09. The van der Waals surface area contributed by atoms with Gasteiger partial charge in [-0.2, -0.15) is 13.2 Å². The standard InChI is InChI=1S/C20H32F3N5/c1-14(2)15-7-9-28(10-8-15)19-24-11-18(12-25-19)27-17-5-3-16(4-6-17)26-13-20(21,22)23/h11-12,14-17,26-27H,3-10,13H2,1-2H3. The number of piperidine rings is 1. The van der Waals surface area contributed by atoms with Crippen molar-refractivity contribution in [2.75, 3.05) is 29.9 Å². The molecule has 1 saturated carbocycles. The molecule has 0 spiro atoms. The first-order chi connectivity index (χ1) is 13.3. The molecular formula is C20H32F3N5. The molecule has 8 heteroatoms. The van der Waals surface area contributed by atoms with E-state index in [9.17, 15) is 13.2 Å². The lowest BCUT2D eigenvalue weighted by Gasteiger charge is -2.34. The zero-order valence-electron chi connectivity index (χ0n) is 16.8. The first-order valence-corrected chi connectivity index (χ1v) is 10.4. The summed E-state index contributed by atoms with van der Waals surface area (Å²) in [7, 11) is 0. The van der Waals surface area contributed by atoms with Crippen LogP contribution in [0, 0.1) is 11.8 Å². The normalized spacial score (nSPS) is 24.6. The minimum absolute atomic E-state index is 0.0490. The number of rotatable bonds is 6. The predicted molar refractivity (Wildman–Crippen MR) is 106 cm³/mol. The highest BCUT2D eigenvalue weighted by atomic mass is 19.4. The number of halogens is 3. The van der Waals surface area contributed by atoms with Crippen molar-refractivity contribution in [1.82, 2.24) is 15.3 Å². The van der Waals surface area contributed by atoms with E-state index in [1.54, 1.807) is 0 Å². The second-order valence-corrected chi connectivity index (χ2v) is 8.53. The van der Waals surface area contributed by atoms with Crippen molar-refractivity contribution < 1.29 is 13.2 Å². The van der Waals surface area contributed by atoms with E-state index < -0.39 is 12.7 Å². The fourth-order valence-electron chi connectivity index (χ4n) is 4.26. The Morgan fingerprint density at radius 3 is 2.11 bits per heavy atom. The highest BCUT2D eigenvalue weighted by molar-refractivity contribution is 5.43. The van der Waals surface area contributed by atoms with Crippen molar-refractivity contribution in [2.24, 2.45) is 11.8 Å². The molecule has 0 bridgehead atoms. The molecule has 28 heavy (non-hydrogen) atoms. The summed E-state index contributed by atoms with van der Waals surface area (Å²) in [6, 6.07) is 0.215. The van der Waals surface area contributed by atoms with Crippen molar-refractivity contribution in [3.63, 3.8) is 0 Å². The Kier molecular flexibility index (Phi) is 7.01. The van der Waals surface area contributed by atoms with Crippen LogP contribution in [-0.2, 0) is 0 Å². The van der Waals surface area contributed by atoms with Gasteiger partial charge in [0.2, 0.25) is 5.95 Å². The Labute approximate surface area is 165 Å². The molecule has 2 fully saturated rings. The largest absolute Gasteiger partial charge is 0.401 e. The van der Waals surface area contributed by atoms with E-state index in [-0.39, 0.29) is 12.1 Å². The third kappa shape index (κ3) is 6.22. The minimum Gasteiger partial charge on any atom is -0.380 e. The van der Waals surface area contributed by atoms with Crippen molar-refractivity contribution in [3.05, 3.63) is 12.4 Å². The summed E-state index contributed by atoms with van der Waals surface area (Å²) in [6.07, 6.45) is 5.07. The number of anilines is 2. The van der Waals surface area contributed by atoms with Crippen LogP contribution in [0.1, 0.15) is 52.4 Å². The molecule has 1 aliphatic heterocycles. The number of aromatic nitrogens is 2. The van der Waals surface area contributed by atoms with Crippen LogP contribution < -0.4 is 15.5 Å².